The number of amides is 2. The molecule has 1 aliphatic rings. The summed E-state index contributed by atoms with van der Waals surface area (Å²) < 4.78 is 14.0. The van der Waals surface area contributed by atoms with Gasteiger partial charge in [0, 0.05) is 13.0 Å². The first-order valence-corrected chi connectivity index (χ1v) is 7.56. The van der Waals surface area contributed by atoms with Crippen molar-refractivity contribution in [1.29, 1.82) is 0 Å². The van der Waals surface area contributed by atoms with Crippen LogP contribution >= 0.6 is 11.3 Å². The molecule has 1 saturated heterocycles. The zero-order valence-electron chi connectivity index (χ0n) is 11.7. The minimum absolute atomic E-state index is 0.0535. The Morgan fingerprint density at radius 2 is 2.32 bits per heavy atom. The van der Waals surface area contributed by atoms with Crippen LogP contribution in [0.5, 0.6) is 0 Å². The molecule has 2 heterocycles. The standard InChI is InChI=1S/C14H13FN4O2S/c1-8-2-3-11(10(15)4-8)19-6-9(5-12(19)20)13(21)17-14-18-16-7-22-14/h2-4,7,9H,5-6H2,1H3,(H,17,18,21)/t9-/m0/s1. The van der Waals surface area contributed by atoms with Gasteiger partial charge < -0.3 is 10.2 Å². The minimum Gasteiger partial charge on any atom is -0.309 e. The van der Waals surface area contributed by atoms with E-state index in [1.807, 2.05) is 0 Å². The van der Waals surface area contributed by atoms with E-state index in [-0.39, 0.29) is 30.5 Å². The van der Waals surface area contributed by atoms with Gasteiger partial charge in [-0.1, -0.05) is 17.4 Å². The van der Waals surface area contributed by atoms with Crippen LogP contribution in [0.4, 0.5) is 15.2 Å². The van der Waals surface area contributed by atoms with Gasteiger partial charge in [-0.2, -0.15) is 0 Å². The molecular weight excluding hydrogens is 307 g/mol. The summed E-state index contributed by atoms with van der Waals surface area (Å²) in [6.07, 6.45) is 0.0535. The first-order valence-electron chi connectivity index (χ1n) is 6.68. The zero-order chi connectivity index (χ0) is 15.7. The molecule has 1 aromatic heterocycles. The monoisotopic (exact) mass is 320 g/mol. The molecule has 0 radical (unpaired) electrons. The molecule has 8 heteroatoms. The quantitative estimate of drug-likeness (QED) is 0.938. The molecule has 1 aliphatic heterocycles. The lowest BCUT2D eigenvalue weighted by atomic mass is 10.1. The average molecular weight is 320 g/mol. The number of hydrogen-bond acceptors (Lipinski definition) is 5. The van der Waals surface area contributed by atoms with E-state index in [2.05, 4.69) is 15.5 Å². The third kappa shape index (κ3) is 2.82. The van der Waals surface area contributed by atoms with Gasteiger partial charge in [0.05, 0.1) is 11.6 Å². The van der Waals surface area contributed by atoms with Crippen LogP contribution < -0.4 is 10.2 Å². The molecule has 2 amide bonds. The van der Waals surface area contributed by atoms with E-state index < -0.39 is 11.7 Å². The fourth-order valence-corrected chi connectivity index (χ4v) is 2.83. The Bertz CT molecular complexity index is 720. The highest BCUT2D eigenvalue weighted by Gasteiger charge is 2.36. The van der Waals surface area contributed by atoms with Crippen molar-refractivity contribution in [2.75, 3.05) is 16.8 Å². The maximum atomic E-state index is 14.0. The largest absolute Gasteiger partial charge is 0.309 e. The number of carbonyl (C=O) groups excluding carboxylic acids is 2. The van der Waals surface area contributed by atoms with Crippen LogP contribution in [-0.4, -0.2) is 28.6 Å². The van der Waals surface area contributed by atoms with Crippen molar-refractivity contribution in [3.05, 3.63) is 35.1 Å². The molecule has 2 aromatic rings. The van der Waals surface area contributed by atoms with Crippen molar-refractivity contribution in [3.63, 3.8) is 0 Å². The van der Waals surface area contributed by atoms with Crippen LogP contribution in [-0.2, 0) is 9.59 Å². The summed E-state index contributed by atoms with van der Waals surface area (Å²) in [5.74, 6) is -1.56. The molecule has 0 aliphatic carbocycles. The number of halogens is 1. The number of anilines is 2. The molecule has 0 bridgehead atoms. The summed E-state index contributed by atoms with van der Waals surface area (Å²) in [7, 11) is 0. The minimum atomic E-state index is -0.530. The highest BCUT2D eigenvalue weighted by molar-refractivity contribution is 7.13. The topological polar surface area (TPSA) is 75.2 Å². The number of nitrogens with one attached hydrogen (secondary N) is 1. The van der Waals surface area contributed by atoms with E-state index in [1.54, 1.807) is 19.1 Å². The molecule has 22 heavy (non-hydrogen) atoms. The molecule has 0 spiro atoms. The van der Waals surface area contributed by atoms with E-state index in [1.165, 1.54) is 27.8 Å². The third-order valence-corrected chi connectivity index (χ3v) is 4.09. The van der Waals surface area contributed by atoms with Crippen LogP contribution in [0.25, 0.3) is 0 Å². The number of carbonyl (C=O) groups is 2. The van der Waals surface area contributed by atoms with Crippen molar-refractivity contribution in [1.82, 2.24) is 10.2 Å². The summed E-state index contributed by atoms with van der Waals surface area (Å²) in [5.41, 5.74) is 2.49. The number of aromatic nitrogens is 2. The van der Waals surface area contributed by atoms with Crippen molar-refractivity contribution < 1.29 is 14.0 Å². The highest BCUT2D eigenvalue weighted by Crippen LogP contribution is 2.28. The van der Waals surface area contributed by atoms with Gasteiger partial charge in [0.2, 0.25) is 16.9 Å². The normalized spacial score (nSPS) is 17.8. The molecule has 3 rings (SSSR count). The fourth-order valence-electron chi connectivity index (χ4n) is 2.38. The molecule has 0 unspecified atom stereocenters. The summed E-state index contributed by atoms with van der Waals surface area (Å²) in [5, 5.41) is 10.4. The van der Waals surface area contributed by atoms with Crippen molar-refractivity contribution >= 4 is 34.0 Å². The van der Waals surface area contributed by atoms with Crippen LogP contribution in [0.1, 0.15) is 12.0 Å². The smallest absolute Gasteiger partial charge is 0.231 e. The lowest BCUT2D eigenvalue weighted by Gasteiger charge is -2.17. The summed E-state index contributed by atoms with van der Waals surface area (Å²) >= 11 is 1.20. The second-order valence-electron chi connectivity index (χ2n) is 5.09. The van der Waals surface area contributed by atoms with E-state index >= 15 is 0 Å². The Morgan fingerprint density at radius 1 is 1.50 bits per heavy atom. The number of nitrogens with zero attached hydrogens (tertiary/aromatic N) is 3. The van der Waals surface area contributed by atoms with Crippen molar-refractivity contribution in [3.8, 4) is 0 Å². The first kappa shape index (κ1) is 14.6. The molecule has 1 aromatic carbocycles. The lowest BCUT2D eigenvalue weighted by Crippen LogP contribution is -2.28. The van der Waals surface area contributed by atoms with Crippen molar-refractivity contribution in [2.45, 2.75) is 13.3 Å². The van der Waals surface area contributed by atoms with Gasteiger partial charge in [0.15, 0.2) is 0 Å². The van der Waals surface area contributed by atoms with Gasteiger partial charge in [-0.3, -0.25) is 9.59 Å². The molecule has 114 valence electrons. The van der Waals surface area contributed by atoms with E-state index in [0.29, 0.717) is 5.13 Å². The molecule has 6 nitrogen and oxygen atoms in total. The van der Waals surface area contributed by atoms with Crippen LogP contribution in [0.2, 0.25) is 0 Å². The Labute approximate surface area is 130 Å². The summed E-state index contributed by atoms with van der Waals surface area (Å²) in [6.45, 7) is 1.93. The van der Waals surface area contributed by atoms with E-state index in [9.17, 15) is 14.0 Å². The number of benzene rings is 1. The van der Waals surface area contributed by atoms with Crippen LogP contribution in [0.15, 0.2) is 23.7 Å². The zero-order valence-corrected chi connectivity index (χ0v) is 12.6. The van der Waals surface area contributed by atoms with E-state index in [0.717, 1.165) is 5.56 Å². The summed E-state index contributed by atoms with van der Waals surface area (Å²) in [6, 6.07) is 4.67. The fraction of sp³-hybridized carbons (Fsp3) is 0.286. The highest BCUT2D eigenvalue weighted by atomic mass is 32.1. The summed E-state index contributed by atoms with van der Waals surface area (Å²) in [4.78, 5) is 25.5. The third-order valence-electron chi connectivity index (χ3n) is 3.48. The van der Waals surface area contributed by atoms with Gasteiger partial charge in [0.25, 0.3) is 0 Å². The molecule has 0 saturated carbocycles. The van der Waals surface area contributed by atoms with E-state index in [4.69, 9.17) is 0 Å². The molecule has 1 N–H and O–H groups in total. The molecule has 1 atom stereocenters. The predicted octanol–water partition coefficient (Wildman–Crippen LogP) is 1.98. The van der Waals surface area contributed by atoms with Crippen LogP contribution in [0.3, 0.4) is 0 Å². The Hall–Kier alpha value is -2.35. The number of aryl methyl sites for hydroxylation is 1. The Morgan fingerprint density at radius 3 is 3.00 bits per heavy atom. The number of hydrogen-bond donors (Lipinski definition) is 1. The lowest BCUT2D eigenvalue weighted by molar-refractivity contribution is -0.122. The van der Waals surface area contributed by atoms with Gasteiger partial charge in [-0.25, -0.2) is 4.39 Å². The maximum Gasteiger partial charge on any atom is 0.231 e. The second kappa shape index (κ2) is 5.80. The maximum absolute atomic E-state index is 14.0. The van der Waals surface area contributed by atoms with Gasteiger partial charge in [-0.05, 0) is 24.6 Å². The van der Waals surface area contributed by atoms with Gasteiger partial charge in [0.1, 0.15) is 11.3 Å². The van der Waals surface area contributed by atoms with Crippen molar-refractivity contribution in [2.24, 2.45) is 5.92 Å². The van der Waals surface area contributed by atoms with Crippen LogP contribution in [0, 0.1) is 18.7 Å². The van der Waals surface area contributed by atoms with Gasteiger partial charge in [-0.15, -0.1) is 10.2 Å². The molecule has 1 fully saturated rings. The second-order valence-corrected chi connectivity index (χ2v) is 5.93. The number of rotatable bonds is 3. The Balaban J connectivity index is 1.74. The SMILES string of the molecule is Cc1ccc(N2C[C@@H](C(=O)Nc3nncs3)CC2=O)c(F)c1. The average Bonchev–Trinajstić information content (AvgIpc) is 3.09. The Kier molecular flexibility index (Phi) is 3.84. The first-order chi connectivity index (χ1) is 10.5. The predicted molar refractivity (Wildman–Crippen MR) is 80.1 cm³/mol. The van der Waals surface area contributed by atoms with Gasteiger partial charge >= 0.3 is 0 Å². The molecular formula is C14H13FN4O2S.